The molecule has 0 N–H and O–H groups in total. The van der Waals surface area contributed by atoms with Crippen molar-refractivity contribution in [1.82, 2.24) is 14.3 Å². The van der Waals surface area contributed by atoms with E-state index in [1.807, 2.05) is 29.3 Å². The molecule has 1 aliphatic rings. The van der Waals surface area contributed by atoms with Gasteiger partial charge in [-0.3, -0.25) is 14.1 Å². The normalized spacial score (nSPS) is 19.5. The summed E-state index contributed by atoms with van der Waals surface area (Å²) >= 11 is 1.43. The molecule has 1 aliphatic heterocycles. The first-order valence-corrected chi connectivity index (χ1v) is 11.0. The van der Waals surface area contributed by atoms with Gasteiger partial charge in [-0.05, 0) is 25.5 Å². The maximum Gasteiger partial charge on any atom is 0.259 e. The van der Waals surface area contributed by atoms with Gasteiger partial charge in [0.15, 0.2) is 14.8 Å². The molecule has 4 rings (SSSR count). The van der Waals surface area contributed by atoms with E-state index in [1.165, 1.54) is 17.4 Å². The molecule has 138 valence electrons. The lowest BCUT2D eigenvalue weighted by molar-refractivity contribution is 0.177. The van der Waals surface area contributed by atoms with Crippen molar-refractivity contribution >= 4 is 26.1 Å². The fourth-order valence-electron chi connectivity index (χ4n) is 3.37. The number of hydrogen-bond acceptors (Lipinski definition) is 7. The van der Waals surface area contributed by atoms with Crippen LogP contribution in [-0.2, 0) is 22.9 Å². The van der Waals surface area contributed by atoms with Gasteiger partial charge in [0.05, 0.1) is 30.0 Å². The lowest BCUT2D eigenvalue weighted by atomic mass is 10.2. The third-order valence-corrected chi connectivity index (χ3v) is 7.35. The van der Waals surface area contributed by atoms with Gasteiger partial charge >= 0.3 is 0 Å². The van der Waals surface area contributed by atoms with Crippen molar-refractivity contribution in [2.24, 2.45) is 0 Å². The van der Waals surface area contributed by atoms with Crippen molar-refractivity contribution in [3.8, 4) is 0 Å². The monoisotopic (exact) mass is 393 g/mol. The molecule has 0 radical (unpaired) electrons. The highest BCUT2D eigenvalue weighted by molar-refractivity contribution is 7.91. The number of sulfone groups is 1. The van der Waals surface area contributed by atoms with Crippen LogP contribution in [0.4, 0.5) is 0 Å². The second-order valence-corrected chi connectivity index (χ2v) is 9.69. The van der Waals surface area contributed by atoms with Crippen molar-refractivity contribution < 1.29 is 12.8 Å². The summed E-state index contributed by atoms with van der Waals surface area (Å²) in [6.45, 7) is 2.76. The lowest BCUT2D eigenvalue weighted by Gasteiger charge is -2.26. The minimum absolute atomic E-state index is 0.101. The van der Waals surface area contributed by atoms with Crippen LogP contribution in [0.15, 0.2) is 39.1 Å². The predicted molar refractivity (Wildman–Crippen MR) is 99.1 cm³/mol. The summed E-state index contributed by atoms with van der Waals surface area (Å²) in [5.74, 6) is 1.09. The second kappa shape index (κ2) is 6.64. The molecule has 1 unspecified atom stereocenters. The number of fused-ring (bicyclic) bond motifs is 1. The van der Waals surface area contributed by atoms with E-state index in [4.69, 9.17) is 4.42 Å². The number of aryl methyl sites for hydroxylation is 1. The van der Waals surface area contributed by atoms with E-state index in [1.54, 1.807) is 10.7 Å². The Bertz CT molecular complexity index is 1080. The smallest absolute Gasteiger partial charge is 0.259 e. The van der Waals surface area contributed by atoms with Crippen LogP contribution in [0, 0.1) is 6.92 Å². The lowest BCUT2D eigenvalue weighted by Crippen LogP contribution is -2.36. The largest absolute Gasteiger partial charge is 0.468 e. The van der Waals surface area contributed by atoms with Crippen LogP contribution in [0.1, 0.15) is 23.6 Å². The first-order chi connectivity index (χ1) is 12.4. The van der Waals surface area contributed by atoms with E-state index in [0.717, 1.165) is 11.5 Å². The van der Waals surface area contributed by atoms with Crippen molar-refractivity contribution in [1.29, 1.82) is 0 Å². The van der Waals surface area contributed by atoms with Crippen LogP contribution in [0.5, 0.6) is 0 Å². The summed E-state index contributed by atoms with van der Waals surface area (Å²) < 4.78 is 30.9. The van der Waals surface area contributed by atoms with Gasteiger partial charge < -0.3 is 4.42 Å². The number of furan rings is 1. The number of thiazole rings is 1. The van der Waals surface area contributed by atoms with Crippen molar-refractivity contribution in [3.05, 3.63) is 57.3 Å². The Morgan fingerprint density at radius 3 is 2.96 bits per heavy atom. The molecule has 0 aromatic carbocycles. The third kappa shape index (κ3) is 3.46. The van der Waals surface area contributed by atoms with E-state index in [9.17, 15) is 13.2 Å². The van der Waals surface area contributed by atoms with E-state index >= 15 is 0 Å². The summed E-state index contributed by atoms with van der Waals surface area (Å²) in [6, 6.07) is 5.11. The minimum Gasteiger partial charge on any atom is -0.468 e. The van der Waals surface area contributed by atoms with Crippen LogP contribution < -0.4 is 5.56 Å². The molecule has 1 fully saturated rings. The summed E-state index contributed by atoms with van der Waals surface area (Å²) in [6.07, 6.45) is 2.19. The Hall–Kier alpha value is -1.97. The zero-order valence-corrected chi connectivity index (χ0v) is 15.9. The number of hydrogen-bond donors (Lipinski definition) is 0. The van der Waals surface area contributed by atoms with E-state index in [0.29, 0.717) is 30.2 Å². The van der Waals surface area contributed by atoms with Crippen LogP contribution in [-0.4, -0.2) is 40.2 Å². The van der Waals surface area contributed by atoms with Crippen LogP contribution in [0.3, 0.4) is 0 Å². The molecule has 9 heteroatoms. The topological polar surface area (TPSA) is 84.9 Å². The van der Waals surface area contributed by atoms with Crippen LogP contribution >= 0.6 is 11.3 Å². The maximum atomic E-state index is 12.4. The van der Waals surface area contributed by atoms with E-state index in [-0.39, 0.29) is 23.1 Å². The van der Waals surface area contributed by atoms with Crippen molar-refractivity contribution in [2.45, 2.75) is 32.5 Å². The van der Waals surface area contributed by atoms with Gasteiger partial charge in [0, 0.05) is 29.7 Å². The first kappa shape index (κ1) is 17.4. The minimum atomic E-state index is -3.01. The third-order valence-electron chi connectivity index (χ3n) is 4.66. The predicted octanol–water partition coefficient (Wildman–Crippen LogP) is 1.85. The molecule has 0 amide bonds. The Labute approximate surface area is 154 Å². The SMILES string of the molecule is Cc1csc2nc(CN(Cc3ccco3)C3CCS(=O)(=O)C3)cc(=O)n12. The van der Waals surface area contributed by atoms with Gasteiger partial charge in [-0.1, -0.05) is 0 Å². The van der Waals surface area contributed by atoms with Crippen LogP contribution in [0.25, 0.3) is 4.96 Å². The summed E-state index contributed by atoms with van der Waals surface area (Å²) in [4.78, 5) is 19.7. The first-order valence-electron chi connectivity index (χ1n) is 8.35. The molecule has 3 aromatic heterocycles. The fraction of sp³-hybridized carbons (Fsp3) is 0.412. The Morgan fingerprint density at radius 2 is 2.27 bits per heavy atom. The zero-order valence-electron chi connectivity index (χ0n) is 14.3. The highest BCUT2D eigenvalue weighted by atomic mass is 32.2. The molecule has 26 heavy (non-hydrogen) atoms. The molecule has 1 saturated heterocycles. The maximum absolute atomic E-state index is 12.4. The standard InChI is InChI=1S/C17H19N3O4S2/c1-12-10-25-17-18-13(7-16(21)20(12)17)8-19(9-15-3-2-5-24-15)14-4-6-26(22,23)11-14/h2-3,5,7,10,14H,4,6,8-9,11H2,1H3. The zero-order chi connectivity index (χ0) is 18.3. The van der Waals surface area contributed by atoms with Gasteiger partial charge in [-0.15, -0.1) is 11.3 Å². The van der Waals surface area contributed by atoms with Gasteiger partial charge in [0.25, 0.3) is 5.56 Å². The average molecular weight is 393 g/mol. The highest BCUT2D eigenvalue weighted by Gasteiger charge is 2.33. The van der Waals surface area contributed by atoms with E-state index < -0.39 is 9.84 Å². The number of nitrogens with zero attached hydrogens (tertiary/aromatic N) is 3. The van der Waals surface area contributed by atoms with Crippen molar-refractivity contribution in [3.63, 3.8) is 0 Å². The molecule has 0 bridgehead atoms. The molecule has 3 aromatic rings. The molecular weight excluding hydrogens is 374 g/mol. The van der Waals surface area contributed by atoms with Gasteiger partial charge in [0.2, 0.25) is 0 Å². The molecule has 4 heterocycles. The second-order valence-electron chi connectivity index (χ2n) is 6.62. The van der Waals surface area contributed by atoms with E-state index in [2.05, 4.69) is 4.98 Å². The molecule has 0 spiro atoms. The quantitative estimate of drug-likeness (QED) is 0.658. The average Bonchev–Trinajstić information content (AvgIpc) is 3.28. The highest BCUT2D eigenvalue weighted by Crippen LogP contribution is 2.22. The number of aromatic nitrogens is 2. The summed E-state index contributed by atoms with van der Waals surface area (Å²) in [5.41, 5.74) is 1.40. The Morgan fingerprint density at radius 1 is 1.42 bits per heavy atom. The molecule has 7 nitrogen and oxygen atoms in total. The van der Waals surface area contributed by atoms with Gasteiger partial charge in [-0.2, -0.15) is 0 Å². The van der Waals surface area contributed by atoms with Gasteiger partial charge in [0.1, 0.15) is 5.76 Å². The molecule has 1 atom stereocenters. The van der Waals surface area contributed by atoms with Crippen molar-refractivity contribution in [2.75, 3.05) is 11.5 Å². The Balaban J connectivity index is 1.65. The Kier molecular flexibility index (Phi) is 4.45. The fourth-order valence-corrected chi connectivity index (χ4v) is 6.02. The number of rotatable bonds is 5. The molecule has 0 aliphatic carbocycles. The summed E-state index contributed by atoms with van der Waals surface area (Å²) in [5, 5.41) is 1.90. The molecular formula is C17H19N3O4S2. The van der Waals surface area contributed by atoms with Gasteiger partial charge in [-0.25, -0.2) is 13.4 Å². The molecule has 0 saturated carbocycles. The summed E-state index contributed by atoms with van der Waals surface area (Å²) in [7, 11) is -3.01. The van der Waals surface area contributed by atoms with Crippen LogP contribution in [0.2, 0.25) is 0 Å².